The monoisotopic (exact) mass is 418 g/mol. The second-order valence-electron chi connectivity index (χ2n) is 8.16. The smallest absolute Gasteiger partial charge is 0.176 e. The van der Waals surface area contributed by atoms with Gasteiger partial charge in [-0.05, 0) is 25.0 Å². The number of anilines is 1. The number of aromatic amines is 1. The van der Waals surface area contributed by atoms with Crippen molar-refractivity contribution in [3.05, 3.63) is 48.3 Å². The summed E-state index contributed by atoms with van der Waals surface area (Å²) in [5.41, 5.74) is 1.99. The zero-order valence-corrected chi connectivity index (χ0v) is 18.0. The van der Waals surface area contributed by atoms with Crippen molar-refractivity contribution in [1.82, 2.24) is 9.97 Å². The fourth-order valence-corrected chi connectivity index (χ4v) is 5.16. The topological polar surface area (TPSA) is 79.8 Å². The van der Waals surface area contributed by atoms with Crippen molar-refractivity contribution in [2.24, 2.45) is 4.99 Å². The quantitative estimate of drug-likeness (QED) is 0.690. The van der Waals surface area contributed by atoms with Gasteiger partial charge in [-0.3, -0.25) is 9.79 Å². The van der Waals surface area contributed by atoms with Gasteiger partial charge in [0, 0.05) is 25.2 Å². The number of Topliss-reactive ketones (excluding diaryl/α,β-unsaturated/α-hetero) is 1. The van der Waals surface area contributed by atoms with Crippen molar-refractivity contribution < 1.29 is 14.3 Å². The number of hydrogen-bond acceptors (Lipinski definition) is 5. The van der Waals surface area contributed by atoms with Gasteiger partial charge in [-0.25, -0.2) is 4.98 Å². The first-order chi connectivity index (χ1) is 15.1. The molecule has 2 aromatic carbocycles. The van der Waals surface area contributed by atoms with Crippen molar-refractivity contribution >= 4 is 28.3 Å². The highest BCUT2D eigenvalue weighted by Crippen LogP contribution is 2.49. The Morgan fingerprint density at radius 1 is 1.10 bits per heavy atom. The Labute approximate surface area is 181 Å². The van der Waals surface area contributed by atoms with E-state index in [1.807, 2.05) is 42.5 Å². The highest BCUT2D eigenvalue weighted by Gasteiger charge is 2.59. The number of aromatic nitrogens is 2. The predicted octanol–water partition coefficient (Wildman–Crippen LogP) is 4.09. The van der Waals surface area contributed by atoms with Crippen molar-refractivity contribution in [2.45, 2.75) is 37.1 Å². The summed E-state index contributed by atoms with van der Waals surface area (Å²) in [5, 5.41) is 0. The number of nitrogens with one attached hydrogen (secondary N) is 1. The van der Waals surface area contributed by atoms with Crippen LogP contribution in [0.2, 0.25) is 0 Å². The molecular formula is C24H26N4O3. The molecule has 3 aromatic rings. The van der Waals surface area contributed by atoms with Gasteiger partial charge >= 0.3 is 0 Å². The fourth-order valence-electron chi connectivity index (χ4n) is 5.16. The van der Waals surface area contributed by atoms with Gasteiger partial charge in [-0.2, -0.15) is 0 Å². The van der Waals surface area contributed by atoms with Crippen LogP contribution in [0.4, 0.5) is 5.69 Å². The number of methoxy groups -OCH3 is 2. The molecule has 1 N–H and O–H groups in total. The summed E-state index contributed by atoms with van der Waals surface area (Å²) in [6.45, 7) is 0. The van der Waals surface area contributed by atoms with Crippen LogP contribution in [0.15, 0.2) is 47.5 Å². The van der Waals surface area contributed by atoms with Crippen LogP contribution in [-0.4, -0.2) is 48.4 Å². The van der Waals surface area contributed by atoms with Crippen LogP contribution in [0.1, 0.15) is 37.4 Å². The molecule has 1 aliphatic carbocycles. The second kappa shape index (κ2) is 7.41. The third-order valence-electron chi connectivity index (χ3n) is 6.57. The zero-order valence-electron chi connectivity index (χ0n) is 18.0. The summed E-state index contributed by atoms with van der Waals surface area (Å²) in [4.78, 5) is 28.9. The average molecular weight is 418 g/mol. The maximum atomic E-state index is 14.0. The van der Waals surface area contributed by atoms with Crippen LogP contribution in [0.25, 0.3) is 11.0 Å². The van der Waals surface area contributed by atoms with Crippen molar-refractivity contribution in [3.8, 4) is 11.5 Å². The van der Waals surface area contributed by atoms with Gasteiger partial charge in [0.15, 0.2) is 5.78 Å². The van der Waals surface area contributed by atoms with Gasteiger partial charge in [0.25, 0.3) is 0 Å². The number of ether oxygens (including phenoxy) is 2. The Kier molecular flexibility index (Phi) is 4.68. The van der Waals surface area contributed by atoms with E-state index >= 15 is 0 Å². The molecule has 2 aliphatic rings. The number of nitrogens with zero attached hydrogens (tertiary/aromatic N) is 3. The second-order valence-corrected chi connectivity index (χ2v) is 8.16. The normalized spacial score (nSPS) is 21.5. The van der Waals surface area contributed by atoms with Gasteiger partial charge in [0.2, 0.25) is 0 Å². The van der Waals surface area contributed by atoms with Gasteiger partial charge in [-0.1, -0.05) is 25.0 Å². The molecule has 1 unspecified atom stereocenters. The Morgan fingerprint density at radius 2 is 1.77 bits per heavy atom. The molecule has 1 spiro atoms. The molecule has 160 valence electrons. The molecule has 2 fully saturated rings. The van der Waals surface area contributed by atoms with E-state index in [9.17, 15) is 4.79 Å². The third kappa shape index (κ3) is 2.91. The van der Waals surface area contributed by atoms with Gasteiger partial charge < -0.3 is 19.4 Å². The lowest BCUT2D eigenvalue weighted by Gasteiger charge is -2.35. The van der Waals surface area contributed by atoms with E-state index < -0.39 is 11.5 Å². The van der Waals surface area contributed by atoms with Crippen LogP contribution in [0.5, 0.6) is 11.5 Å². The Balaban J connectivity index is 1.69. The van der Waals surface area contributed by atoms with Crippen molar-refractivity contribution in [3.63, 3.8) is 0 Å². The van der Waals surface area contributed by atoms with E-state index in [-0.39, 0.29) is 5.78 Å². The minimum absolute atomic E-state index is 0.159. The van der Waals surface area contributed by atoms with E-state index in [0.29, 0.717) is 23.2 Å². The summed E-state index contributed by atoms with van der Waals surface area (Å²) in [6.07, 6.45) is 3.60. The number of imidazole rings is 1. The molecule has 1 aromatic heterocycles. The number of carbonyl (C=O) groups excluding carboxylic acids is 1. The summed E-state index contributed by atoms with van der Waals surface area (Å²) in [5.74, 6) is 2.34. The number of rotatable bonds is 4. The Hall–Kier alpha value is -3.35. The summed E-state index contributed by atoms with van der Waals surface area (Å²) in [6, 6.07) is 13.6. The fraction of sp³-hybridized carbons (Fsp3) is 0.375. The van der Waals surface area contributed by atoms with E-state index in [4.69, 9.17) is 14.5 Å². The maximum Gasteiger partial charge on any atom is 0.176 e. The minimum atomic E-state index is -0.629. The van der Waals surface area contributed by atoms with Crippen molar-refractivity contribution in [2.75, 3.05) is 26.2 Å². The number of aliphatic imine (C=N–C) groups is 1. The average Bonchev–Trinajstić information content (AvgIpc) is 3.50. The third-order valence-corrected chi connectivity index (χ3v) is 6.57. The van der Waals surface area contributed by atoms with Crippen LogP contribution < -0.4 is 14.4 Å². The SMILES string of the molecule is CN=C1C(c2nc3ccccc3[nH]2)C(=O)C2(CCCC2)N1c1cc(OC)cc(OC)c1. The molecule has 1 atom stereocenters. The van der Waals surface area contributed by atoms with Crippen LogP contribution in [0, 0.1) is 0 Å². The predicted molar refractivity (Wildman–Crippen MR) is 120 cm³/mol. The lowest BCUT2D eigenvalue weighted by atomic mass is 9.88. The minimum Gasteiger partial charge on any atom is -0.497 e. The Morgan fingerprint density at radius 3 is 2.39 bits per heavy atom. The lowest BCUT2D eigenvalue weighted by molar-refractivity contribution is -0.122. The van der Waals surface area contributed by atoms with Crippen molar-refractivity contribution in [1.29, 1.82) is 0 Å². The number of H-pyrrole nitrogens is 1. The molecule has 5 rings (SSSR count). The molecule has 0 radical (unpaired) electrons. The number of para-hydroxylation sites is 2. The molecule has 7 nitrogen and oxygen atoms in total. The number of hydrogen-bond donors (Lipinski definition) is 1. The lowest BCUT2D eigenvalue weighted by Crippen LogP contribution is -2.47. The van der Waals surface area contributed by atoms with E-state index in [1.54, 1.807) is 21.3 Å². The summed E-state index contributed by atoms with van der Waals surface area (Å²) >= 11 is 0. The zero-order chi connectivity index (χ0) is 21.6. The van der Waals surface area contributed by atoms with E-state index in [1.165, 1.54) is 0 Å². The molecule has 0 bridgehead atoms. The van der Waals surface area contributed by atoms with E-state index in [2.05, 4.69) is 14.9 Å². The van der Waals surface area contributed by atoms with Gasteiger partial charge in [-0.15, -0.1) is 0 Å². The molecular weight excluding hydrogens is 392 g/mol. The molecule has 1 aliphatic heterocycles. The molecule has 0 amide bonds. The highest BCUT2D eigenvalue weighted by molar-refractivity contribution is 6.27. The molecule has 1 saturated carbocycles. The first-order valence-corrected chi connectivity index (χ1v) is 10.6. The number of fused-ring (bicyclic) bond motifs is 1. The molecule has 1 saturated heterocycles. The van der Waals surface area contributed by atoms with Gasteiger partial charge in [0.1, 0.15) is 34.6 Å². The summed E-state index contributed by atoms with van der Waals surface area (Å²) < 4.78 is 11.0. The summed E-state index contributed by atoms with van der Waals surface area (Å²) in [7, 11) is 5.01. The number of benzene rings is 2. The maximum absolute atomic E-state index is 14.0. The standard InChI is InChI=1S/C24H26N4O3/c1-25-23-20(22-26-18-8-4-5-9-19(18)27-22)21(29)24(10-6-7-11-24)28(23)15-12-16(30-2)14-17(13-15)31-3/h4-5,8-9,12-14,20H,6-7,10-11H2,1-3H3,(H,26,27). The largest absolute Gasteiger partial charge is 0.497 e. The molecule has 31 heavy (non-hydrogen) atoms. The number of ketones is 1. The molecule has 7 heteroatoms. The first-order valence-electron chi connectivity index (χ1n) is 10.6. The first kappa shape index (κ1) is 19.6. The van der Waals surface area contributed by atoms with E-state index in [0.717, 1.165) is 42.4 Å². The molecule has 2 heterocycles. The van der Waals surface area contributed by atoms with Crippen LogP contribution in [-0.2, 0) is 4.79 Å². The number of carbonyl (C=O) groups is 1. The van der Waals surface area contributed by atoms with Crippen LogP contribution in [0.3, 0.4) is 0 Å². The number of amidine groups is 1. The highest BCUT2D eigenvalue weighted by atomic mass is 16.5. The van der Waals surface area contributed by atoms with Crippen LogP contribution >= 0.6 is 0 Å². The van der Waals surface area contributed by atoms with Gasteiger partial charge in [0.05, 0.1) is 30.9 Å². The Bertz CT molecular complexity index is 1120.